The SMILES string of the molecule is O=C1CC(c2ccc3ccccc3c2)c2c(ccc3ccccc23)N1Cc1ccccc1F. The third-order valence-electron chi connectivity index (χ3n) is 6.73. The van der Waals surface area contributed by atoms with E-state index in [-0.39, 0.29) is 24.2 Å². The van der Waals surface area contributed by atoms with Crippen molar-refractivity contribution in [1.29, 1.82) is 0 Å². The summed E-state index contributed by atoms with van der Waals surface area (Å²) in [5.74, 6) is -0.330. The maximum Gasteiger partial charge on any atom is 0.228 e. The molecule has 0 spiro atoms. The van der Waals surface area contributed by atoms with Crippen molar-refractivity contribution in [2.24, 2.45) is 0 Å². The van der Waals surface area contributed by atoms with Crippen molar-refractivity contribution < 1.29 is 9.18 Å². The zero-order valence-electron chi connectivity index (χ0n) is 18.0. The molecule has 1 atom stereocenters. The molecule has 160 valence electrons. The summed E-state index contributed by atoms with van der Waals surface area (Å²) in [4.78, 5) is 15.2. The maximum absolute atomic E-state index is 14.5. The Balaban J connectivity index is 1.54. The molecule has 1 aliphatic heterocycles. The van der Waals surface area contributed by atoms with Crippen LogP contribution in [0.25, 0.3) is 21.5 Å². The van der Waals surface area contributed by atoms with Crippen LogP contribution < -0.4 is 4.90 Å². The Labute approximate surface area is 191 Å². The number of carbonyl (C=O) groups is 1. The number of benzene rings is 5. The number of nitrogens with zero attached hydrogens (tertiary/aromatic N) is 1. The van der Waals surface area contributed by atoms with Gasteiger partial charge in [0, 0.05) is 23.6 Å². The molecule has 0 N–H and O–H groups in total. The summed E-state index contributed by atoms with van der Waals surface area (Å²) in [6.07, 6.45) is 0.355. The first-order chi connectivity index (χ1) is 16.2. The van der Waals surface area contributed by atoms with Crippen molar-refractivity contribution in [2.75, 3.05) is 4.90 Å². The van der Waals surface area contributed by atoms with Gasteiger partial charge in [-0.05, 0) is 44.8 Å². The topological polar surface area (TPSA) is 20.3 Å². The molecular formula is C30H22FNO. The molecule has 1 heterocycles. The van der Waals surface area contributed by atoms with Crippen molar-refractivity contribution >= 4 is 33.1 Å². The third kappa shape index (κ3) is 3.37. The number of rotatable bonds is 3. The Morgan fingerprint density at radius 3 is 2.30 bits per heavy atom. The van der Waals surface area contributed by atoms with Crippen LogP contribution in [0.1, 0.15) is 29.0 Å². The first-order valence-electron chi connectivity index (χ1n) is 11.2. The largest absolute Gasteiger partial charge is 0.308 e. The lowest BCUT2D eigenvalue weighted by atomic mass is 9.80. The van der Waals surface area contributed by atoms with Crippen molar-refractivity contribution in [3.05, 3.63) is 126 Å². The van der Waals surface area contributed by atoms with E-state index in [1.165, 1.54) is 11.5 Å². The van der Waals surface area contributed by atoms with Crippen LogP contribution in [0.4, 0.5) is 10.1 Å². The van der Waals surface area contributed by atoms with Gasteiger partial charge in [0.2, 0.25) is 5.91 Å². The quantitative estimate of drug-likeness (QED) is 0.296. The van der Waals surface area contributed by atoms with E-state index in [0.29, 0.717) is 12.0 Å². The highest BCUT2D eigenvalue weighted by molar-refractivity contribution is 6.03. The molecule has 33 heavy (non-hydrogen) atoms. The van der Waals surface area contributed by atoms with Crippen LogP contribution in [0.15, 0.2) is 103 Å². The van der Waals surface area contributed by atoms with Crippen molar-refractivity contribution in [1.82, 2.24) is 0 Å². The Kier molecular flexibility index (Phi) is 4.69. The number of hydrogen-bond acceptors (Lipinski definition) is 1. The summed E-state index contributed by atoms with van der Waals surface area (Å²) < 4.78 is 14.5. The average molecular weight is 432 g/mol. The Morgan fingerprint density at radius 2 is 1.45 bits per heavy atom. The molecule has 5 aromatic rings. The first kappa shape index (κ1) is 19.7. The number of carbonyl (C=O) groups excluding carboxylic acids is 1. The molecule has 5 aromatic carbocycles. The number of amides is 1. The highest BCUT2D eigenvalue weighted by atomic mass is 19.1. The van der Waals surface area contributed by atoms with Gasteiger partial charge in [0.25, 0.3) is 0 Å². The molecule has 0 aromatic heterocycles. The number of hydrogen-bond donors (Lipinski definition) is 0. The standard InChI is InChI=1S/C30H22FNO/c31-27-12-6-4-10-24(27)19-32-28-16-15-21-8-3-5-11-25(21)30(28)26(18-29(32)33)23-14-13-20-7-1-2-9-22(20)17-23/h1-17,26H,18-19H2. The first-order valence-corrected chi connectivity index (χ1v) is 11.2. The number of fused-ring (bicyclic) bond motifs is 4. The predicted octanol–water partition coefficient (Wildman–Crippen LogP) is 7.20. The summed E-state index contributed by atoms with van der Waals surface area (Å²) >= 11 is 0. The van der Waals surface area contributed by atoms with E-state index < -0.39 is 0 Å². The smallest absolute Gasteiger partial charge is 0.228 e. The average Bonchev–Trinajstić information content (AvgIpc) is 2.86. The van der Waals surface area contributed by atoms with E-state index >= 15 is 0 Å². The van der Waals surface area contributed by atoms with Gasteiger partial charge in [-0.1, -0.05) is 91.0 Å². The van der Waals surface area contributed by atoms with Gasteiger partial charge in [-0.25, -0.2) is 4.39 Å². The summed E-state index contributed by atoms with van der Waals surface area (Å²) in [6.45, 7) is 0.223. The lowest BCUT2D eigenvalue weighted by Gasteiger charge is -2.35. The van der Waals surface area contributed by atoms with Crippen LogP contribution in [0.3, 0.4) is 0 Å². The molecule has 3 heteroatoms. The Hall–Kier alpha value is -3.98. The van der Waals surface area contributed by atoms with Gasteiger partial charge in [-0.15, -0.1) is 0 Å². The zero-order valence-corrected chi connectivity index (χ0v) is 18.0. The normalized spacial score (nSPS) is 15.7. The predicted molar refractivity (Wildman–Crippen MR) is 132 cm³/mol. The maximum atomic E-state index is 14.5. The van der Waals surface area contributed by atoms with Crippen molar-refractivity contribution in [3.63, 3.8) is 0 Å². The minimum Gasteiger partial charge on any atom is -0.308 e. The fourth-order valence-corrected chi connectivity index (χ4v) is 5.09. The van der Waals surface area contributed by atoms with Gasteiger partial charge in [-0.2, -0.15) is 0 Å². The van der Waals surface area contributed by atoms with Crippen molar-refractivity contribution in [3.8, 4) is 0 Å². The molecule has 0 saturated heterocycles. The summed E-state index contributed by atoms with van der Waals surface area (Å²) in [6, 6.07) is 33.8. The van der Waals surface area contributed by atoms with E-state index in [9.17, 15) is 9.18 Å². The molecule has 1 amide bonds. The van der Waals surface area contributed by atoms with Crippen LogP contribution in [0.5, 0.6) is 0 Å². The number of halogens is 1. The molecule has 2 nitrogen and oxygen atoms in total. The Bertz CT molecular complexity index is 1520. The third-order valence-corrected chi connectivity index (χ3v) is 6.73. The fourth-order valence-electron chi connectivity index (χ4n) is 5.09. The zero-order chi connectivity index (χ0) is 22.4. The van der Waals surface area contributed by atoms with Gasteiger partial charge in [0.15, 0.2) is 0 Å². The van der Waals surface area contributed by atoms with Gasteiger partial charge < -0.3 is 4.90 Å². The van der Waals surface area contributed by atoms with Crippen LogP contribution in [0.2, 0.25) is 0 Å². The highest BCUT2D eigenvalue weighted by Gasteiger charge is 2.34. The monoisotopic (exact) mass is 431 g/mol. The summed E-state index contributed by atoms with van der Waals surface area (Å²) in [7, 11) is 0. The molecule has 0 bridgehead atoms. The summed E-state index contributed by atoms with van der Waals surface area (Å²) in [5, 5.41) is 4.63. The highest BCUT2D eigenvalue weighted by Crippen LogP contribution is 2.45. The van der Waals surface area contributed by atoms with Crippen LogP contribution in [-0.4, -0.2) is 5.91 Å². The second kappa shape index (κ2) is 7.86. The van der Waals surface area contributed by atoms with Gasteiger partial charge >= 0.3 is 0 Å². The molecule has 1 aliphatic rings. The van der Waals surface area contributed by atoms with Crippen LogP contribution >= 0.6 is 0 Å². The van der Waals surface area contributed by atoms with E-state index in [0.717, 1.165) is 33.0 Å². The Morgan fingerprint density at radius 1 is 0.758 bits per heavy atom. The summed E-state index contributed by atoms with van der Waals surface area (Å²) in [5.41, 5.74) is 3.66. The van der Waals surface area contributed by atoms with Gasteiger partial charge in [0.05, 0.1) is 6.54 Å². The number of anilines is 1. The van der Waals surface area contributed by atoms with Gasteiger partial charge in [0.1, 0.15) is 5.82 Å². The molecule has 1 unspecified atom stereocenters. The van der Waals surface area contributed by atoms with E-state index in [4.69, 9.17) is 0 Å². The second-order valence-electron chi connectivity index (χ2n) is 8.65. The van der Waals surface area contributed by atoms with E-state index in [1.807, 2.05) is 36.4 Å². The van der Waals surface area contributed by atoms with Gasteiger partial charge in [-0.3, -0.25) is 4.79 Å². The molecule has 0 radical (unpaired) electrons. The second-order valence-corrected chi connectivity index (χ2v) is 8.65. The van der Waals surface area contributed by atoms with Crippen LogP contribution in [-0.2, 0) is 11.3 Å². The molecule has 0 saturated carbocycles. The van der Waals surface area contributed by atoms with Crippen molar-refractivity contribution in [2.45, 2.75) is 18.9 Å². The lowest BCUT2D eigenvalue weighted by molar-refractivity contribution is -0.119. The van der Waals surface area contributed by atoms with E-state index in [1.54, 1.807) is 17.0 Å². The minimum absolute atomic E-state index is 0.0131. The van der Waals surface area contributed by atoms with Crippen LogP contribution in [0, 0.1) is 5.82 Å². The minimum atomic E-state index is -0.288. The molecule has 0 fully saturated rings. The molecule has 0 aliphatic carbocycles. The fraction of sp³-hybridized carbons (Fsp3) is 0.100. The molecular weight excluding hydrogens is 409 g/mol. The van der Waals surface area contributed by atoms with E-state index in [2.05, 4.69) is 48.5 Å². The molecule has 6 rings (SSSR count). The lowest BCUT2D eigenvalue weighted by Crippen LogP contribution is -2.36.